The Bertz CT molecular complexity index is 1170. The van der Waals surface area contributed by atoms with E-state index in [1.807, 2.05) is 6.07 Å². The van der Waals surface area contributed by atoms with Gasteiger partial charge in [-0.25, -0.2) is 0 Å². The molecular weight excluding hydrogens is 376 g/mol. The normalized spacial score (nSPS) is 13.5. The van der Waals surface area contributed by atoms with Crippen LogP contribution in [0.2, 0.25) is 0 Å². The van der Waals surface area contributed by atoms with Crippen molar-refractivity contribution in [1.82, 2.24) is 0 Å². The van der Waals surface area contributed by atoms with E-state index in [4.69, 9.17) is 5.73 Å². The van der Waals surface area contributed by atoms with Gasteiger partial charge in [-0.05, 0) is 57.6 Å². The zero-order chi connectivity index (χ0) is 21.4. The van der Waals surface area contributed by atoms with Crippen molar-refractivity contribution >= 4 is 11.4 Å². The largest absolute Gasteiger partial charge is 0.399 e. The quantitative estimate of drug-likeness (QED) is 0.371. The molecule has 2 nitrogen and oxygen atoms in total. The first-order chi connectivity index (χ1) is 15.0. The Hall–Kier alpha value is -3.52. The van der Waals surface area contributed by atoms with Crippen molar-refractivity contribution in [3.8, 4) is 11.1 Å². The first-order valence-electron chi connectivity index (χ1n) is 10.9. The van der Waals surface area contributed by atoms with Gasteiger partial charge < -0.3 is 10.6 Å². The molecule has 154 valence electrons. The summed E-state index contributed by atoms with van der Waals surface area (Å²) in [5.41, 5.74) is 16.1. The maximum atomic E-state index is 6.13. The minimum Gasteiger partial charge on any atom is -0.399 e. The van der Waals surface area contributed by atoms with Gasteiger partial charge in [-0.3, -0.25) is 0 Å². The predicted molar refractivity (Wildman–Crippen MR) is 131 cm³/mol. The molecule has 1 aliphatic carbocycles. The highest BCUT2D eigenvalue weighted by atomic mass is 15.1. The molecule has 2 heteroatoms. The monoisotopic (exact) mass is 404 g/mol. The van der Waals surface area contributed by atoms with Crippen molar-refractivity contribution < 1.29 is 0 Å². The summed E-state index contributed by atoms with van der Waals surface area (Å²) in [6.45, 7) is 6.35. The van der Waals surface area contributed by atoms with Crippen LogP contribution in [-0.4, -0.2) is 0 Å². The van der Waals surface area contributed by atoms with E-state index in [1.54, 1.807) is 0 Å². The third kappa shape index (κ3) is 3.59. The van der Waals surface area contributed by atoms with Gasteiger partial charge in [0.1, 0.15) is 0 Å². The molecule has 0 heterocycles. The van der Waals surface area contributed by atoms with Gasteiger partial charge in [0.15, 0.2) is 0 Å². The number of nitrogen functional groups attached to an aromatic ring is 1. The van der Waals surface area contributed by atoms with Gasteiger partial charge in [0, 0.05) is 29.9 Å². The molecule has 0 fully saturated rings. The molecule has 5 rings (SSSR count). The standard InChI is InChI=1S/C29H28N2/c1-29(2)27-17-23(30)13-15-25(27)26-16-14-24(18-28(26)29)31(19-21-9-5-3-6-10-21)20-22-11-7-4-8-12-22/h3-18H,19-20,30H2,1-2H3. The summed E-state index contributed by atoms with van der Waals surface area (Å²) in [5.74, 6) is 0. The van der Waals surface area contributed by atoms with E-state index in [2.05, 4.69) is 110 Å². The van der Waals surface area contributed by atoms with Crippen LogP contribution in [0.1, 0.15) is 36.1 Å². The van der Waals surface area contributed by atoms with Crippen LogP contribution < -0.4 is 10.6 Å². The van der Waals surface area contributed by atoms with Crippen molar-refractivity contribution in [3.05, 3.63) is 119 Å². The summed E-state index contributed by atoms with van der Waals surface area (Å²) in [6, 6.07) is 34.7. The lowest BCUT2D eigenvalue weighted by Gasteiger charge is -2.28. The van der Waals surface area contributed by atoms with Crippen molar-refractivity contribution in [2.45, 2.75) is 32.4 Å². The molecule has 0 radical (unpaired) electrons. The van der Waals surface area contributed by atoms with Crippen molar-refractivity contribution in [2.75, 3.05) is 10.6 Å². The highest BCUT2D eigenvalue weighted by Crippen LogP contribution is 2.50. The van der Waals surface area contributed by atoms with Crippen LogP contribution in [-0.2, 0) is 18.5 Å². The zero-order valence-electron chi connectivity index (χ0n) is 18.2. The zero-order valence-corrected chi connectivity index (χ0v) is 18.2. The highest BCUT2D eigenvalue weighted by Gasteiger charge is 2.35. The molecule has 0 spiro atoms. The molecule has 0 aromatic heterocycles. The maximum absolute atomic E-state index is 6.13. The van der Waals surface area contributed by atoms with Gasteiger partial charge in [-0.2, -0.15) is 0 Å². The number of anilines is 2. The minimum atomic E-state index is -0.0682. The average Bonchev–Trinajstić information content (AvgIpc) is 3.01. The average molecular weight is 405 g/mol. The second kappa shape index (κ2) is 7.63. The van der Waals surface area contributed by atoms with Gasteiger partial charge in [0.2, 0.25) is 0 Å². The van der Waals surface area contributed by atoms with Crippen molar-refractivity contribution in [1.29, 1.82) is 0 Å². The van der Waals surface area contributed by atoms with Crippen LogP contribution in [0.5, 0.6) is 0 Å². The van der Waals surface area contributed by atoms with Crippen LogP contribution in [0.4, 0.5) is 11.4 Å². The van der Waals surface area contributed by atoms with E-state index in [9.17, 15) is 0 Å². The second-order valence-electron chi connectivity index (χ2n) is 8.99. The van der Waals surface area contributed by atoms with Gasteiger partial charge in [-0.1, -0.05) is 86.6 Å². The van der Waals surface area contributed by atoms with Gasteiger partial charge in [0.25, 0.3) is 0 Å². The fourth-order valence-corrected chi connectivity index (χ4v) is 4.79. The fraction of sp³-hybridized carbons (Fsp3) is 0.172. The molecule has 0 saturated carbocycles. The van der Waals surface area contributed by atoms with Crippen LogP contribution in [0, 0.1) is 0 Å². The molecule has 0 saturated heterocycles. The summed E-state index contributed by atoms with van der Waals surface area (Å²) in [5, 5.41) is 0. The lowest BCUT2D eigenvalue weighted by molar-refractivity contribution is 0.659. The maximum Gasteiger partial charge on any atom is 0.0433 e. The van der Waals surface area contributed by atoms with Crippen LogP contribution in [0.25, 0.3) is 11.1 Å². The Labute approximate surface area is 185 Å². The summed E-state index contributed by atoms with van der Waals surface area (Å²) >= 11 is 0. The van der Waals surface area contributed by atoms with E-state index in [1.165, 1.54) is 39.1 Å². The Morgan fingerprint density at radius 1 is 0.645 bits per heavy atom. The Morgan fingerprint density at radius 2 is 1.16 bits per heavy atom. The molecule has 0 atom stereocenters. The van der Waals surface area contributed by atoms with E-state index >= 15 is 0 Å². The van der Waals surface area contributed by atoms with Crippen LogP contribution in [0.3, 0.4) is 0 Å². The van der Waals surface area contributed by atoms with Crippen LogP contribution >= 0.6 is 0 Å². The summed E-state index contributed by atoms with van der Waals surface area (Å²) < 4.78 is 0. The minimum absolute atomic E-state index is 0.0682. The molecule has 1 aliphatic rings. The molecular formula is C29H28N2. The van der Waals surface area contributed by atoms with E-state index in [0.717, 1.165) is 18.8 Å². The lowest BCUT2D eigenvalue weighted by atomic mass is 9.82. The first-order valence-corrected chi connectivity index (χ1v) is 10.9. The molecule has 0 unspecified atom stereocenters. The summed E-state index contributed by atoms with van der Waals surface area (Å²) in [7, 11) is 0. The van der Waals surface area contributed by atoms with Gasteiger partial charge in [0.05, 0.1) is 0 Å². The number of nitrogens with zero attached hydrogens (tertiary/aromatic N) is 1. The Kier molecular flexibility index (Phi) is 4.78. The van der Waals surface area contributed by atoms with Gasteiger partial charge in [-0.15, -0.1) is 0 Å². The topological polar surface area (TPSA) is 29.3 Å². The van der Waals surface area contributed by atoms with E-state index in [0.29, 0.717) is 0 Å². The Morgan fingerprint density at radius 3 is 1.74 bits per heavy atom. The Balaban J connectivity index is 1.56. The summed E-state index contributed by atoms with van der Waals surface area (Å²) in [6.07, 6.45) is 0. The SMILES string of the molecule is CC1(C)c2cc(N)ccc2-c2ccc(N(Cc3ccccc3)Cc3ccccc3)cc21. The van der Waals surface area contributed by atoms with Gasteiger partial charge >= 0.3 is 0 Å². The number of fused-ring (bicyclic) bond motifs is 3. The summed E-state index contributed by atoms with van der Waals surface area (Å²) in [4.78, 5) is 2.47. The van der Waals surface area contributed by atoms with Crippen molar-refractivity contribution in [2.24, 2.45) is 0 Å². The molecule has 0 aliphatic heterocycles. The molecule has 0 bridgehead atoms. The second-order valence-corrected chi connectivity index (χ2v) is 8.99. The number of hydrogen-bond acceptors (Lipinski definition) is 2. The molecule has 4 aromatic carbocycles. The third-order valence-corrected chi connectivity index (χ3v) is 6.48. The first kappa shape index (κ1) is 19.4. The van der Waals surface area contributed by atoms with Crippen LogP contribution in [0.15, 0.2) is 97.1 Å². The smallest absolute Gasteiger partial charge is 0.0433 e. The molecule has 31 heavy (non-hydrogen) atoms. The molecule has 2 N–H and O–H groups in total. The van der Waals surface area contributed by atoms with Crippen molar-refractivity contribution in [3.63, 3.8) is 0 Å². The molecule has 0 amide bonds. The number of rotatable bonds is 5. The third-order valence-electron chi connectivity index (χ3n) is 6.48. The predicted octanol–water partition coefficient (Wildman–Crippen LogP) is 6.78. The van der Waals surface area contributed by atoms with E-state index in [-0.39, 0.29) is 5.41 Å². The lowest BCUT2D eigenvalue weighted by Crippen LogP contribution is -2.23. The van der Waals surface area contributed by atoms with E-state index < -0.39 is 0 Å². The number of hydrogen-bond donors (Lipinski definition) is 1. The highest BCUT2D eigenvalue weighted by molar-refractivity contribution is 5.83. The fourth-order valence-electron chi connectivity index (χ4n) is 4.79. The molecule has 4 aromatic rings. The number of nitrogens with two attached hydrogens (primary N) is 1. The number of benzene rings is 4.